The molecule has 0 radical (unpaired) electrons. The molecule has 6 nitrogen and oxygen atoms in total. The molecule has 0 spiro atoms. The van der Waals surface area contributed by atoms with E-state index in [4.69, 9.17) is 4.74 Å². The molecule has 1 heterocycles. The second kappa shape index (κ2) is 7.59. The van der Waals surface area contributed by atoms with E-state index in [1.54, 1.807) is 10.9 Å². The first-order chi connectivity index (χ1) is 11.6. The molecular weight excluding hydrogens is 316 g/mol. The van der Waals surface area contributed by atoms with Crippen LogP contribution in [0.3, 0.4) is 0 Å². The van der Waals surface area contributed by atoms with Crippen molar-refractivity contribution in [3.8, 4) is 5.75 Å². The van der Waals surface area contributed by atoms with E-state index in [1.807, 2.05) is 66.1 Å². The number of nitrogens with one attached hydrogen (secondary N) is 2. The highest BCUT2D eigenvalue weighted by atomic mass is 16.5. The Morgan fingerprint density at radius 2 is 2.08 bits per heavy atom. The van der Waals surface area contributed by atoms with Crippen LogP contribution in [0.2, 0.25) is 0 Å². The highest BCUT2D eigenvalue weighted by Crippen LogP contribution is 2.24. The molecule has 0 saturated heterocycles. The zero-order valence-electron chi connectivity index (χ0n) is 15.9. The zero-order valence-corrected chi connectivity index (χ0v) is 15.9. The zero-order chi connectivity index (χ0) is 18.6. The largest absolute Gasteiger partial charge is 0.488 e. The van der Waals surface area contributed by atoms with Crippen molar-refractivity contribution in [3.05, 3.63) is 47.3 Å². The van der Waals surface area contributed by atoms with Gasteiger partial charge in [0.1, 0.15) is 11.4 Å². The number of aryl methyl sites for hydroxylation is 2. The average molecular weight is 344 g/mol. The third-order valence-electron chi connectivity index (χ3n) is 3.65. The molecule has 136 valence electrons. The second-order valence-electron chi connectivity index (χ2n) is 7.32. The van der Waals surface area contributed by atoms with Crippen molar-refractivity contribution in [3.63, 3.8) is 0 Å². The number of amides is 2. The topological polar surface area (TPSA) is 68.2 Å². The molecule has 6 heteroatoms. The number of hydrogen-bond donors (Lipinski definition) is 2. The molecule has 2 N–H and O–H groups in total. The molecule has 1 atom stereocenters. The highest BCUT2D eigenvalue weighted by Gasteiger charge is 2.16. The van der Waals surface area contributed by atoms with E-state index in [0.29, 0.717) is 6.54 Å². The molecule has 2 amide bonds. The van der Waals surface area contributed by atoms with Gasteiger partial charge in [0.05, 0.1) is 12.2 Å². The third-order valence-corrected chi connectivity index (χ3v) is 3.65. The Balaban J connectivity index is 1.97. The normalized spacial score (nSPS) is 12.6. The summed E-state index contributed by atoms with van der Waals surface area (Å²) in [5, 5.41) is 9.93. The Morgan fingerprint density at radius 1 is 1.36 bits per heavy atom. The standard InChI is InChI=1S/C19H28N4O2/c1-13-7-8-15(17(9-13)25-19(3,4)5)10-20-18(24)22-14(2)16-11-21-23(6)12-16/h7-9,11-12,14H,10H2,1-6H3,(H2,20,22,24)/t14-/m0/s1. The maximum absolute atomic E-state index is 12.2. The van der Waals surface area contributed by atoms with Crippen LogP contribution < -0.4 is 15.4 Å². The summed E-state index contributed by atoms with van der Waals surface area (Å²) < 4.78 is 7.73. The van der Waals surface area contributed by atoms with Crippen molar-refractivity contribution in [2.24, 2.45) is 7.05 Å². The SMILES string of the molecule is Cc1ccc(CNC(=O)N[C@@H](C)c2cnn(C)c2)c(OC(C)(C)C)c1. The van der Waals surface area contributed by atoms with Gasteiger partial charge in [0.15, 0.2) is 0 Å². The summed E-state index contributed by atoms with van der Waals surface area (Å²) >= 11 is 0. The van der Waals surface area contributed by atoms with Crippen molar-refractivity contribution in [1.82, 2.24) is 20.4 Å². The van der Waals surface area contributed by atoms with Crippen molar-refractivity contribution >= 4 is 6.03 Å². The van der Waals surface area contributed by atoms with Crippen molar-refractivity contribution in [2.75, 3.05) is 0 Å². The number of urea groups is 1. The molecule has 0 unspecified atom stereocenters. The van der Waals surface area contributed by atoms with E-state index in [9.17, 15) is 4.79 Å². The van der Waals surface area contributed by atoms with Crippen LogP contribution in [0.1, 0.15) is 50.4 Å². The molecule has 0 bridgehead atoms. The fourth-order valence-corrected chi connectivity index (χ4v) is 2.40. The van der Waals surface area contributed by atoms with Crippen LogP contribution >= 0.6 is 0 Å². The molecule has 2 rings (SSSR count). The van der Waals surface area contributed by atoms with E-state index < -0.39 is 0 Å². The molecule has 0 saturated carbocycles. The van der Waals surface area contributed by atoms with Crippen LogP contribution in [0.25, 0.3) is 0 Å². The quantitative estimate of drug-likeness (QED) is 0.873. The Labute approximate surface area is 149 Å². The summed E-state index contributed by atoms with van der Waals surface area (Å²) in [5.41, 5.74) is 2.74. The fraction of sp³-hybridized carbons (Fsp3) is 0.474. The van der Waals surface area contributed by atoms with Crippen LogP contribution in [0.15, 0.2) is 30.6 Å². The van der Waals surface area contributed by atoms with Gasteiger partial charge in [-0.05, 0) is 46.2 Å². The summed E-state index contributed by atoms with van der Waals surface area (Å²) in [7, 11) is 1.85. The average Bonchev–Trinajstić information content (AvgIpc) is 2.91. The molecule has 0 fully saturated rings. The smallest absolute Gasteiger partial charge is 0.315 e. The lowest BCUT2D eigenvalue weighted by atomic mass is 10.1. The molecule has 0 aliphatic heterocycles. The Hall–Kier alpha value is -2.50. The molecule has 1 aromatic carbocycles. The van der Waals surface area contributed by atoms with Crippen LogP contribution in [0.4, 0.5) is 4.79 Å². The van der Waals surface area contributed by atoms with Gasteiger partial charge in [-0.15, -0.1) is 0 Å². The lowest BCUT2D eigenvalue weighted by molar-refractivity contribution is 0.129. The molecule has 0 aliphatic rings. The third kappa shape index (κ3) is 5.81. The number of benzene rings is 1. The van der Waals surface area contributed by atoms with Gasteiger partial charge in [-0.2, -0.15) is 5.10 Å². The highest BCUT2D eigenvalue weighted by molar-refractivity contribution is 5.74. The minimum absolute atomic E-state index is 0.114. The van der Waals surface area contributed by atoms with E-state index in [1.165, 1.54) is 0 Å². The summed E-state index contributed by atoms with van der Waals surface area (Å²) in [6.45, 7) is 10.4. The Morgan fingerprint density at radius 3 is 2.68 bits per heavy atom. The van der Waals surface area contributed by atoms with Gasteiger partial charge in [-0.1, -0.05) is 12.1 Å². The summed E-state index contributed by atoms with van der Waals surface area (Å²) in [4.78, 5) is 12.2. The summed E-state index contributed by atoms with van der Waals surface area (Å²) in [6.07, 6.45) is 3.64. The van der Waals surface area contributed by atoms with Gasteiger partial charge in [-0.25, -0.2) is 4.79 Å². The van der Waals surface area contributed by atoms with Gasteiger partial charge in [-0.3, -0.25) is 4.68 Å². The summed E-state index contributed by atoms with van der Waals surface area (Å²) in [6, 6.07) is 5.66. The molecule has 25 heavy (non-hydrogen) atoms. The number of aromatic nitrogens is 2. The monoisotopic (exact) mass is 344 g/mol. The first kappa shape index (κ1) is 18.8. The Kier molecular flexibility index (Phi) is 5.72. The van der Waals surface area contributed by atoms with Crippen molar-refractivity contribution < 1.29 is 9.53 Å². The van der Waals surface area contributed by atoms with Crippen molar-refractivity contribution in [2.45, 2.75) is 52.8 Å². The number of hydrogen-bond acceptors (Lipinski definition) is 3. The van der Waals surface area contributed by atoms with Crippen LogP contribution in [-0.2, 0) is 13.6 Å². The first-order valence-corrected chi connectivity index (χ1v) is 8.45. The van der Waals surface area contributed by atoms with Crippen LogP contribution in [0, 0.1) is 6.92 Å². The molecule has 2 aromatic rings. The van der Waals surface area contributed by atoms with Crippen molar-refractivity contribution in [1.29, 1.82) is 0 Å². The Bertz CT molecular complexity index is 731. The van der Waals surface area contributed by atoms with Crippen LogP contribution in [0.5, 0.6) is 5.75 Å². The number of ether oxygens (including phenoxy) is 1. The lowest BCUT2D eigenvalue weighted by Gasteiger charge is -2.24. The molecule has 1 aromatic heterocycles. The minimum atomic E-state index is -0.292. The van der Waals surface area contributed by atoms with E-state index >= 15 is 0 Å². The van der Waals surface area contributed by atoms with Gasteiger partial charge < -0.3 is 15.4 Å². The number of nitrogens with zero attached hydrogens (tertiary/aromatic N) is 2. The van der Waals surface area contributed by atoms with E-state index in [-0.39, 0.29) is 17.7 Å². The maximum atomic E-state index is 12.2. The second-order valence-corrected chi connectivity index (χ2v) is 7.32. The van der Waals surface area contributed by atoms with Crippen LogP contribution in [-0.4, -0.2) is 21.4 Å². The van der Waals surface area contributed by atoms with Gasteiger partial charge in [0, 0.05) is 30.9 Å². The van der Waals surface area contributed by atoms with Gasteiger partial charge in [0.2, 0.25) is 0 Å². The number of rotatable bonds is 5. The predicted molar refractivity (Wildman–Crippen MR) is 98.6 cm³/mol. The van der Waals surface area contributed by atoms with E-state index in [0.717, 1.165) is 22.4 Å². The fourth-order valence-electron chi connectivity index (χ4n) is 2.40. The molecular formula is C19H28N4O2. The van der Waals surface area contributed by atoms with E-state index in [2.05, 4.69) is 15.7 Å². The number of carbonyl (C=O) groups is 1. The minimum Gasteiger partial charge on any atom is -0.488 e. The van der Waals surface area contributed by atoms with Gasteiger partial charge in [0.25, 0.3) is 0 Å². The number of carbonyl (C=O) groups excluding carboxylic acids is 1. The first-order valence-electron chi connectivity index (χ1n) is 8.45. The molecule has 0 aliphatic carbocycles. The maximum Gasteiger partial charge on any atom is 0.315 e. The predicted octanol–water partition coefficient (Wildman–Crippen LogP) is 3.47. The lowest BCUT2D eigenvalue weighted by Crippen LogP contribution is -2.36. The summed E-state index contributed by atoms with van der Waals surface area (Å²) in [5.74, 6) is 0.799. The van der Waals surface area contributed by atoms with Gasteiger partial charge >= 0.3 is 6.03 Å².